The van der Waals surface area contributed by atoms with Crippen molar-refractivity contribution in [2.45, 2.75) is 33.2 Å². The van der Waals surface area contributed by atoms with Gasteiger partial charge in [0.15, 0.2) is 0 Å². The van der Waals surface area contributed by atoms with Gasteiger partial charge in [-0.3, -0.25) is 9.59 Å². The van der Waals surface area contributed by atoms with Crippen LogP contribution in [-0.4, -0.2) is 17.5 Å². The summed E-state index contributed by atoms with van der Waals surface area (Å²) >= 11 is 0. The highest BCUT2D eigenvalue weighted by Crippen LogP contribution is 2.18. The molecule has 1 aromatic heterocycles. The van der Waals surface area contributed by atoms with Crippen molar-refractivity contribution in [2.24, 2.45) is 0 Å². The number of pyridine rings is 1. The second-order valence-electron chi connectivity index (χ2n) is 7.27. The second-order valence-corrected chi connectivity index (χ2v) is 7.27. The minimum atomic E-state index is -0.205. The first-order valence-corrected chi connectivity index (χ1v) is 9.69. The van der Waals surface area contributed by atoms with E-state index in [2.05, 4.69) is 17.2 Å². The molecule has 0 bridgehead atoms. The molecule has 150 valence electrons. The van der Waals surface area contributed by atoms with E-state index in [1.165, 1.54) is 0 Å². The summed E-state index contributed by atoms with van der Waals surface area (Å²) in [6, 6.07) is 19.1. The Balaban J connectivity index is 1.58. The Kier molecular flexibility index (Phi) is 6.50. The van der Waals surface area contributed by atoms with Gasteiger partial charge in [-0.15, -0.1) is 0 Å². The zero-order chi connectivity index (χ0) is 20.8. The molecule has 0 radical (unpaired) electrons. The van der Waals surface area contributed by atoms with E-state index in [4.69, 9.17) is 4.74 Å². The Labute approximate surface area is 170 Å². The number of benzene rings is 2. The van der Waals surface area contributed by atoms with Crippen LogP contribution >= 0.6 is 0 Å². The van der Waals surface area contributed by atoms with Crippen LogP contribution in [0.2, 0.25) is 0 Å². The summed E-state index contributed by atoms with van der Waals surface area (Å²) in [6.07, 6.45) is 0. The number of hydrogen-bond donors (Lipinski definition) is 2. The summed E-state index contributed by atoms with van der Waals surface area (Å²) in [5.74, 6) is 0.835. The van der Waals surface area contributed by atoms with Crippen LogP contribution in [-0.2, 0) is 6.54 Å². The number of carbonyl (C=O) groups is 1. The molecule has 0 aliphatic carbocycles. The number of amides is 1. The van der Waals surface area contributed by atoms with Crippen molar-refractivity contribution in [3.63, 3.8) is 0 Å². The molecule has 3 rings (SSSR count). The Morgan fingerprint density at radius 2 is 1.76 bits per heavy atom. The number of para-hydroxylation sites is 1. The quantitative estimate of drug-likeness (QED) is 0.638. The average Bonchev–Trinajstić information content (AvgIpc) is 2.72. The maximum atomic E-state index is 12.5. The van der Waals surface area contributed by atoms with E-state index in [1.54, 1.807) is 12.1 Å². The predicted octanol–water partition coefficient (Wildman–Crippen LogP) is 4.10. The first-order valence-electron chi connectivity index (χ1n) is 9.69. The standard InChI is InChI=1S/C24H26N2O3/c1-16-13-18(3)26-24(28)22(16)14-25-23(27)20-11-9-19(10-12-20)17(2)15-29-21-7-5-4-6-8-21/h4-13,17H,14-15H2,1-3H3,(H,25,27)(H,26,28). The Morgan fingerprint density at radius 1 is 1.07 bits per heavy atom. The molecule has 1 atom stereocenters. The van der Waals surface area contributed by atoms with Gasteiger partial charge in [0.1, 0.15) is 5.75 Å². The number of aromatic nitrogens is 1. The van der Waals surface area contributed by atoms with Gasteiger partial charge in [-0.25, -0.2) is 0 Å². The van der Waals surface area contributed by atoms with Crippen molar-refractivity contribution in [3.8, 4) is 5.75 Å². The molecule has 2 aromatic carbocycles. The van der Waals surface area contributed by atoms with E-state index in [0.717, 1.165) is 22.6 Å². The molecule has 0 aliphatic rings. The van der Waals surface area contributed by atoms with Crippen molar-refractivity contribution < 1.29 is 9.53 Å². The van der Waals surface area contributed by atoms with Crippen LogP contribution in [0.3, 0.4) is 0 Å². The smallest absolute Gasteiger partial charge is 0.253 e. The fourth-order valence-corrected chi connectivity index (χ4v) is 3.17. The van der Waals surface area contributed by atoms with Crippen LogP contribution in [0.1, 0.15) is 45.6 Å². The summed E-state index contributed by atoms with van der Waals surface area (Å²) in [5.41, 5.74) is 3.75. The number of carbonyl (C=O) groups excluding carboxylic acids is 1. The van der Waals surface area contributed by atoms with Gasteiger partial charge in [-0.05, 0) is 55.3 Å². The van der Waals surface area contributed by atoms with Gasteiger partial charge < -0.3 is 15.0 Å². The number of rotatable bonds is 7. The van der Waals surface area contributed by atoms with Crippen LogP contribution in [0.5, 0.6) is 5.75 Å². The van der Waals surface area contributed by atoms with Crippen molar-refractivity contribution in [1.82, 2.24) is 10.3 Å². The highest BCUT2D eigenvalue weighted by Gasteiger charge is 2.11. The molecule has 1 amide bonds. The van der Waals surface area contributed by atoms with Crippen LogP contribution in [0.15, 0.2) is 65.5 Å². The third kappa shape index (κ3) is 5.35. The fourth-order valence-electron chi connectivity index (χ4n) is 3.17. The van der Waals surface area contributed by atoms with E-state index in [0.29, 0.717) is 17.7 Å². The molecule has 0 spiro atoms. The number of aromatic amines is 1. The van der Waals surface area contributed by atoms with Gasteiger partial charge in [0, 0.05) is 29.3 Å². The average molecular weight is 390 g/mol. The van der Waals surface area contributed by atoms with Gasteiger partial charge in [-0.1, -0.05) is 37.3 Å². The van der Waals surface area contributed by atoms with E-state index >= 15 is 0 Å². The zero-order valence-electron chi connectivity index (χ0n) is 17.0. The van der Waals surface area contributed by atoms with E-state index in [9.17, 15) is 9.59 Å². The molecule has 1 unspecified atom stereocenters. The lowest BCUT2D eigenvalue weighted by Crippen LogP contribution is -2.27. The summed E-state index contributed by atoms with van der Waals surface area (Å²) in [5, 5.41) is 2.83. The molecule has 0 aliphatic heterocycles. The van der Waals surface area contributed by atoms with E-state index in [-0.39, 0.29) is 23.9 Å². The Morgan fingerprint density at radius 3 is 2.41 bits per heavy atom. The minimum Gasteiger partial charge on any atom is -0.493 e. The van der Waals surface area contributed by atoms with E-state index in [1.807, 2.05) is 62.4 Å². The first kappa shape index (κ1) is 20.4. The SMILES string of the molecule is Cc1cc(C)c(CNC(=O)c2ccc(C(C)COc3ccccc3)cc2)c(=O)[nH]1. The molecular weight excluding hydrogens is 364 g/mol. The molecule has 0 saturated carbocycles. The molecular formula is C24H26N2O3. The fraction of sp³-hybridized carbons (Fsp3) is 0.250. The van der Waals surface area contributed by atoms with Crippen molar-refractivity contribution in [2.75, 3.05) is 6.61 Å². The topological polar surface area (TPSA) is 71.2 Å². The number of nitrogens with one attached hydrogen (secondary N) is 2. The molecule has 3 aromatic rings. The molecule has 2 N–H and O–H groups in total. The lowest BCUT2D eigenvalue weighted by molar-refractivity contribution is 0.0950. The van der Waals surface area contributed by atoms with Gasteiger partial charge in [0.05, 0.1) is 6.61 Å². The van der Waals surface area contributed by atoms with E-state index < -0.39 is 0 Å². The highest BCUT2D eigenvalue weighted by molar-refractivity contribution is 5.94. The largest absolute Gasteiger partial charge is 0.493 e. The van der Waals surface area contributed by atoms with Crippen LogP contribution in [0, 0.1) is 13.8 Å². The normalized spacial score (nSPS) is 11.7. The van der Waals surface area contributed by atoms with Crippen molar-refractivity contribution >= 4 is 5.91 Å². The van der Waals surface area contributed by atoms with Crippen molar-refractivity contribution in [1.29, 1.82) is 0 Å². The summed E-state index contributed by atoms with van der Waals surface area (Å²) in [4.78, 5) is 27.3. The van der Waals surface area contributed by atoms with Crippen molar-refractivity contribution in [3.05, 3.63) is 99.0 Å². The van der Waals surface area contributed by atoms with Gasteiger partial charge >= 0.3 is 0 Å². The number of H-pyrrole nitrogens is 1. The summed E-state index contributed by atoms with van der Waals surface area (Å²) in [7, 11) is 0. The van der Waals surface area contributed by atoms with Gasteiger partial charge in [-0.2, -0.15) is 0 Å². The predicted molar refractivity (Wildman–Crippen MR) is 115 cm³/mol. The zero-order valence-corrected chi connectivity index (χ0v) is 17.0. The lowest BCUT2D eigenvalue weighted by atomic mass is 10.0. The van der Waals surface area contributed by atoms with Gasteiger partial charge in [0.2, 0.25) is 0 Å². The molecule has 1 heterocycles. The maximum absolute atomic E-state index is 12.5. The lowest BCUT2D eigenvalue weighted by Gasteiger charge is -2.14. The molecule has 0 saturated heterocycles. The monoisotopic (exact) mass is 390 g/mol. The third-order valence-electron chi connectivity index (χ3n) is 4.90. The van der Waals surface area contributed by atoms with Crippen LogP contribution in [0.25, 0.3) is 0 Å². The summed E-state index contributed by atoms with van der Waals surface area (Å²) in [6.45, 7) is 6.56. The Hall–Kier alpha value is -3.34. The highest BCUT2D eigenvalue weighted by atomic mass is 16.5. The number of hydrogen-bond acceptors (Lipinski definition) is 3. The molecule has 29 heavy (non-hydrogen) atoms. The van der Waals surface area contributed by atoms with Crippen LogP contribution < -0.4 is 15.6 Å². The molecule has 0 fully saturated rings. The minimum absolute atomic E-state index is 0.162. The molecule has 5 heteroatoms. The van der Waals surface area contributed by atoms with Gasteiger partial charge in [0.25, 0.3) is 11.5 Å². The van der Waals surface area contributed by atoms with Crippen LogP contribution in [0.4, 0.5) is 0 Å². The third-order valence-corrected chi connectivity index (χ3v) is 4.90. The molecule has 5 nitrogen and oxygen atoms in total. The Bertz CT molecular complexity index is 1020. The summed E-state index contributed by atoms with van der Waals surface area (Å²) < 4.78 is 5.81. The second kappa shape index (κ2) is 9.24. The first-order chi connectivity index (χ1) is 13.9. The number of ether oxygens (including phenoxy) is 1. The number of aryl methyl sites for hydroxylation is 2. The maximum Gasteiger partial charge on any atom is 0.253 e.